The van der Waals surface area contributed by atoms with Gasteiger partial charge in [-0.1, -0.05) is 24.9 Å². The minimum atomic E-state index is -3.11. The smallest absolute Gasteiger partial charge is 0.116 e. The molecule has 2 aromatic rings. The molecule has 2 heterocycles. The van der Waals surface area contributed by atoms with Crippen molar-refractivity contribution < 1.29 is 11.0 Å². The molecule has 4 rings (SSSR count). The summed E-state index contributed by atoms with van der Waals surface area (Å²) in [6, 6.07) is 0.654. The van der Waals surface area contributed by atoms with E-state index in [4.69, 9.17) is 11.0 Å². The number of nitriles is 1. The molecule has 0 aliphatic heterocycles. The van der Waals surface area contributed by atoms with Gasteiger partial charge in [-0.25, -0.2) is 9.97 Å². The summed E-state index contributed by atoms with van der Waals surface area (Å²) >= 11 is 0. The summed E-state index contributed by atoms with van der Waals surface area (Å²) < 4.78 is 66.6. The van der Waals surface area contributed by atoms with Gasteiger partial charge in [0.15, 0.2) is 0 Å². The Kier molecular flexibility index (Phi) is 2.04. The fraction of sp³-hybridized carbons (Fsp3) is 0.444. The van der Waals surface area contributed by atoms with E-state index in [0.29, 0.717) is 17.7 Å². The quantitative estimate of drug-likeness (QED) is 0.865. The van der Waals surface area contributed by atoms with Crippen LogP contribution < -0.4 is 0 Å². The molecule has 0 N–H and O–H groups in total. The maximum absolute atomic E-state index is 9.36. The molecule has 2 aliphatic rings. The van der Waals surface area contributed by atoms with E-state index < -0.39 is 37.5 Å². The van der Waals surface area contributed by atoms with Crippen LogP contribution in [0.2, 0.25) is 0 Å². The van der Waals surface area contributed by atoms with Gasteiger partial charge >= 0.3 is 0 Å². The van der Waals surface area contributed by atoms with Gasteiger partial charge in [0.2, 0.25) is 0 Å². The van der Waals surface area contributed by atoms with E-state index in [1.165, 1.54) is 23.4 Å². The standard InChI is InChI=1S/C18H19N5/c19-9-8-17(13-4-1-2-5-13)23-11-14(10-22-23)18-15-6-3-7-16(15)20-12-21-18/h3,6,10-13,17H,1-2,4-5,7-8H2/t17-/m1/s1/i1D2,2D2,4D2,5D2. The van der Waals surface area contributed by atoms with Crippen molar-refractivity contribution in [2.75, 3.05) is 0 Å². The Morgan fingerprint density at radius 1 is 1.39 bits per heavy atom. The van der Waals surface area contributed by atoms with Crippen LogP contribution in [0.15, 0.2) is 24.8 Å². The average Bonchev–Trinajstić information content (AvgIpc) is 3.37. The molecule has 5 heteroatoms. The van der Waals surface area contributed by atoms with Crippen LogP contribution in [-0.4, -0.2) is 19.7 Å². The van der Waals surface area contributed by atoms with Gasteiger partial charge in [0, 0.05) is 34.7 Å². The second-order valence-electron chi connectivity index (χ2n) is 5.34. The highest BCUT2D eigenvalue weighted by molar-refractivity contribution is 5.74. The largest absolute Gasteiger partial charge is 0.268 e. The van der Waals surface area contributed by atoms with Crippen LogP contribution in [-0.2, 0) is 6.42 Å². The molecule has 1 atom stereocenters. The second kappa shape index (κ2) is 5.96. The molecular formula is C18H19N5. The Bertz CT molecular complexity index is 1070. The zero-order valence-corrected chi connectivity index (χ0v) is 12.2. The summed E-state index contributed by atoms with van der Waals surface area (Å²) in [7, 11) is 0. The van der Waals surface area contributed by atoms with Gasteiger partial charge < -0.3 is 0 Å². The Morgan fingerprint density at radius 2 is 2.26 bits per heavy atom. The molecule has 5 nitrogen and oxygen atoms in total. The third-order valence-corrected chi connectivity index (χ3v) is 3.98. The highest BCUT2D eigenvalue weighted by atomic mass is 15.3. The van der Waals surface area contributed by atoms with E-state index in [1.807, 2.05) is 18.2 Å². The van der Waals surface area contributed by atoms with Crippen LogP contribution in [0.1, 0.15) is 60.2 Å². The molecular weight excluding hydrogens is 286 g/mol. The first-order chi connectivity index (χ1) is 14.4. The van der Waals surface area contributed by atoms with Gasteiger partial charge in [-0.05, 0) is 18.7 Å². The molecule has 116 valence electrons. The average molecular weight is 313 g/mol. The van der Waals surface area contributed by atoms with Crippen molar-refractivity contribution >= 4 is 6.08 Å². The Balaban J connectivity index is 1.81. The molecule has 0 spiro atoms. The van der Waals surface area contributed by atoms with Crippen molar-refractivity contribution in [1.82, 2.24) is 19.7 Å². The van der Waals surface area contributed by atoms with Crippen LogP contribution in [0.5, 0.6) is 0 Å². The van der Waals surface area contributed by atoms with Crippen LogP contribution in [0.3, 0.4) is 0 Å². The topological polar surface area (TPSA) is 67.4 Å². The van der Waals surface area contributed by atoms with Crippen molar-refractivity contribution in [3.05, 3.63) is 36.1 Å². The van der Waals surface area contributed by atoms with Crippen molar-refractivity contribution in [2.45, 2.75) is 44.4 Å². The normalized spacial score (nSPS) is 32.0. The third-order valence-electron chi connectivity index (χ3n) is 3.98. The minimum absolute atomic E-state index is 0.376. The zero-order valence-electron chi connectivity index (χ0n) is 20.2. The lowest BCUT2D eigenvalue weighted by atomic mass is 9.96. The molecule has 0 unspecified atom stereocenters. The molecule has 0 bridgehead atoms. The van der Waals surface area contributed by atoms with Crippen molar-refractivity contribution in [3.8, 4) is 17.3 Å². The van der Waals surface area contributed by atoms with Crippen LogP contribution in [0.25, 0.3) is 17.3 Å². The fourth-order valence-corrected chi connectivity index (χ4v) is 2.84. The molecule has 1 saturated carbocycles. The van der Waals surface area contributed by atoms with E-state index in [2.05, 4.69) is 15.1 Å². The molecule has 0 amide bonds. The first-order valence-corrected chi connectivity index (χ1v) is 7.30. The third kappa shape index (κ3) is 2.55. The van der Waals surface area contributed by atoms with Gasteiger partial charge in [0.1, 0.15) is 6.33 Å². The number of allylic oxidation sites excluding steroid dienone is 1. The summed E-state index contributed by atoms with van der Waals surface area (Å²) in [5.74, 6) is -1.80. The maximum atomic E-state index is 9.36. The Hall–Kier alpha value is -2.48. The number of fused-ring (bicyclic) bond motifs is 1. The zero-order chi connectivity index (χ0) is 22.8. The van der Waals surface area contributed by atoms with E-state index >= 15 is 0 Å². The molecule has 23 heavy (non-hydrogen) atoms. The Morgan fingerprint density at radius 3 is 3.09 bits per heavy atom. The maximum Gasteiger partial charge on any atom is 0.116 e. The lowest BCUT2D eigenvalue weighted by Gasteiger charge is -2.21. The van der Waals surface area contributed by atoms with Gasteiger partial charge in [0.05, 0.1) is 36.1 Å². The lowest BCUT2D eigenvalue weighted by molar-refractivity contribution is 0.315. The first kappa shape index (κ1) is 7.87. The molecule has 0 saturated heterocycles. The van der Waals surface area contributed by atoms with Crippen LogP contribution in [0.4, 0.5) is 0 Å². The first-order valence-electron chi connectivity index (χ1n) is 11.3. The summed E-state index contributed by atoms with van der Waals surface area (Å²) in [5.41, 5.74) is 2.80. The molecule has 1 fully saturated rings. The Labute approximate surface area is 146 Å². The van der Waals surface area contributed by atoms with Gasteiger partial charge in [-0.2, -0.15) is 10.4 Å². The predicted molar refractivity (Wildman–Crippen MR) is 87.2 cm³/mol. The molecule has 0 aromatic carbocycles. The number of hydrogen-bond acceptors (Lipinski definition) is 4. The van der Waals surface area contributed by atoms with Crippen molar-refractivity contribution in [2.24, 2.45) is 5.92 Å². The number of nitrogens with zero attached hydrogens (tertiary/aromatic N) is 5. The molecule has 2 aliphatic carbocycles. The van der Waals surface area contributed by atoms with Gasteiger partial charge in [-0.3, -0.25) is 4.68 Å². The van der Waals surface area contributed by atoms with E-state index in [1.54, 1.807) is 0 Å². The summed E-state index contributed by atoms with van der Waals surface area (Å²) in [4.78, 5) is 8.51. The van der Waals surface area contributed by atoms with Crippen LogP contribution in [0, 0.1) is 17.2 Å². The minimum Gasteiger partial charge on any atom is -0.268 e. The summed E-state index contributed by atoms with van der Waals surface area (Å²) in [6.07, 6.45) is -3.52. The van der Waals surface area contributed by atoms with Crippen LogP contribution >= 0.6 is 0 Å². The number of rotatable bonds is 4. The highest BCUT2D eigenvalue weighted by Gasteiger charge is 2.27. The molecule has 0 radical (unpaired) electrons. The summed E-state index contributed by atoms with van der Waals surface area (Å²) in [5, 5.41) is 13.6. The van der Waals surface area contributed by atoms with E-state index in [-0.39, 0.29) is 6.42 Å². The van der Waals surface area contributed by atoms with Crippen molar-refractivity contribution in [3.63, 3.8) is 0 Å². The second-order valence-corrected chi connectivity index (χ2v) is 5.34. The van der Waals surface area contributed by atoms with E-state index in [0.717, 1.165) is 11.3 Å². The van der Waals surface area contributed by atoms with Crippen molar-refractivity contribution in [1.29, 1.82) is 5.26 Å². The highest BCUT2D eigenvalue weighted by Crippen LogP contribution is 2.36. The predicted octanol–water partition coefficient (Wildman–Crippen LogP) is 3.55. The van der Waals surface area contributed by atoms with E-state index in [9.17, 15) is 5.26 Å². The lowest BCUT2D eigenvalue weighted by Crippen LogP contribution is -2.17. The fourth-order valence-electron chi connectivity index (χ4n) is 2.84. The summed E-state index contributed by atoms with van der Waals surface area (Å²) in [6.45, 7) is 0. The molecule has 2 aromatic heterocycles. The van der Waals surface area contributed by atoms with Gasteiger partial charge in [-0.15, -0.1) is 0 Å². The van der Waals surface area contributed by atoms with Gasteiger partial charge in [0.25, 0.3) is 0 Å². The monoisotopic (exact) mass is 313 g/mol. The SMILES string of the molecule is [2H]C1([2H])C([C@@H](CC#N)n2cc(-c3ncnc4c3C=CC4)cn2)C([2H])([2H])C([2H])([2H])C1([2H])[2H]. The number of aromatic nitrogens is 4. The number of hydrogen-bond donors (Lipinski definition) is 0.